The molecule has 3 rings (SSSR count). The molecule has 0 unspecified atom stereocenters. The van der Waals surface area contributed by atoms with E-state index < -0.39 is 0 Å². The third-order valence-electron chi connectivity index (χ3n) is 3.51. The number of hydrogen-bond donors (Lipinski definition) is 1. The Bertz CT molecular complexity index is 805. The van der Waals surface area contributed by atoms with E-state index in [-0.39, 0.29) is 5.91 Å². The van der Waals surface area contributed by atoms with Gasteiger partial charge in [0.25, 0.3) is 5.91 Å². The first-order valence-corrected chi connectivity index (χ1v) is 7.07. The molecule has 0 aliphatic heterocycles. The van der Waals surface area contributed by atoms with Gasteiger partial charge in [-0.05, 0) is 23.6 Å². The fraction of sp³-hybridized carbons (Fsp3) is 0.111. The number of hydrogen-bond acceptors (Lipinski definition) is 3. The van der Waals surface area contributed by atoms with Crippen LogP contribution in [0.25, 0.3) is 10.8 Å². The Balaban J connectivity index is 1.87. The van der Waals surface area contributed by atoms with Crippen molar-refractivity contribution in [1.82, 2.24) is 4.98 Å². The lowest BCUT2D eigenvalue weighted by molar-refractivity contribution is 0.102. The number of aromatic nitrogens is 1. The van der Waals surface area contributed by atoms with Crippen LogP contribution in [-0.4, -0.2) is 25.0 Å². The van der Waals surface area contributed by atoms with Gasteiger partial charge in [0.2, 0.25) is 0 Å². The third kappa shape index (κ3) is 2.76. The molecule has 1 amide bonds. The zero-order chi connectivity index (χ0) is 15.5. The summed E-state index contributed by atoms with van der Waals surface area (Å²) in [7, 11) is 3.83. The van der Waals surface area contributed by atoms with Crippen molar-refractivity contribution in [2.24, 2.45) is 0 Å². The number of carbonyl (C=O) groups is 1. The van der Waals surface area contributed by atoms with Gasteiger partial charge >= 0.3 is 0 Å². The molecular formula is C18H17N3O. The highest BCUT2D eigenvalue weighted by Gasteiger charge is 2.09. The molecule has 3 aromatic rings. The summed E-state index contributed by atoms with van der Waals surface area (Å²) in [6, 6.07) is 17.5. The first kappa shape index (κ1) is 14.1. The first-order chi connectivity index (χ1) is 10.6. The quantitative estimate of drug-likeness (QED) is 0.802. The van der Waals surface area contributed by atoms with E-state index in [1.54, 1.807) is 12.3 Å². The zero-order valence-corrected chi connectivity index (χ0v) is 12.6. The van der Waals surface area contributed by atoms with Crippen LogP contribution in [0.4, 0.5) is 11.5 Å². The molecule has 0 radical (unpaired) electrons. The molecule has 4 nitrogen and oxygen atoms in total. The van der Waals surface area contributed by atoms with Crippen molar-refractivity contribution in [2.45, 2.75) is 0 Å². The maximum atomic E-state index is 12.4. The van der Waals surface area contributed by atoms with Gasteiger partial charge in [0.1, 0.15) is 5.82 Å². The molecule has 0 fully saturated rings. The van der Waals surface area contributed by atoms with Gasteiger partial charge in [-0.15, -0.1) is 0 Å². The standard InChI is InChI=1S/C18H17N3O/c1-21(2)17-11-10-14(12-19-17)18(22)20-16-9-5-7-13-6-3-4-8-15(13)16/h3-12H,1-2H3,(H,20,22). The summed E-state index contributed by atoms with van der Waals surface area (Å²) in [6.45, 7) is 0. The van der Waals surface area contributed by atoms with Crippen molar-refractivity contribution >= 4 is 28.2 Å². The lowest BCUT2D eigenvalue weighted by Gasteiger charge is -2.12. The minimum Gasteiger partial charge on any atom is -0.363 e. The average molecular weight is 291 g/mol. The number of fused-ring (bicyclic) bond motifs is 1. The second-order valence-electron chi connectivity index (χ2n) is 5.28. The van der Waals surface area contributed by atoms with Gasteiger partial charge in [-0.25, -0.2) is 4.98 Å². The Labute approximate surface area is 129 Å². The molecule has 1 aromatic heterocycles. The number of rotatable bonds is 3. The minimum atomic E-state index is -0.158. The van der Waals surface area contributed by atoms with Gasteiger partial charge in [0.05, 0.1) is 5.56 Å². The summed E-state index contributed by atoms with van der Waals surface area (Å²) >= 11 is 0. The summed E-state index contributed by atoms with van der Waals surface area (Å²) in [4.78, 5) is 18.5. The summed E-state index contributed by atoms with van der Waals surface area (Å²) < 4.78 is 0. The van der Waals surface area contributed by atoms with Crippen LogP contribution >= 0.6 is 0 Å². The van der Waals surface area contributed by atoms with E-state index in [0.717, 1.165) is 22.3 Å². The maximum Gasteiger partial charge on any atom is 0.257 e. The summed E-state index contributed by atoms with van der Waals surface area (Å²) in [5.41, 5.74) is 1.35. The monoisotopic (exact) mass is 291 g/mol. The van der Waals surface area contributed by atoms with E-state index in [9.17, 15) is 4.79 Å². The molecular weight excluding hydrogens is 274 g/mol. The minimum absolute atomic E-state index is 0.158. The van der Waals surface area contributed by atoms with Gasteiger partial charge < -0.3 is 10.2 Å². The Hall–Kier alpha value is -2.88. The van der Waals surface area contributed by atoms with E-state index in [1.165, 1.54) is 0 Å². The van der Waals surface area contributed by atoms with Crippen LogP contribution in [0.5, 0.6) is 0 Å². The molecule has 0 saturated heterocycles. The van der Waals surface area contributed by atoms with E-state index in [2.05, 4.69) is 10.3 Å². The highest BCUT2D eigenvalue weighted by atomic mass is 16.1. The van der Waals surface area contributed by atoms with Crippen LogP contribution in [0.1, 0.15) is 10.4 Å². The molecule has 22 heavy (non-hydrogen) atoms. The van der Waals surface area contributed by atoms with Gasteiger partial charge in [-0.3, -0.25) is 4.79 Å². The molecule has 0 aliphatic carbocycles. The summed E-state index contributed by atoms with van der Waals surface area (Å²) in [6.07, 6.45) is 1.59. The Morgan fingerprint density at radius 1 is 1.00 bits per heavy atom. The molecule has 1 heterocycles. The van der Waals surface area contributed by atoms with E-state index in [0.29, 0.717) is 5.56 Å². The number of carbonyl (C=O) groups excluding carboxylic acids is 1. The topological polar surface area (TPSA) is 45.2 Å². The average Bonchev–Trinajstić information content (AvgIpc) is 2.55. The highest BCUT2D eigenvalue weighted by Crippen LogP contribution is 2.23. The van der Waals surface area contributed by atoms with Gasteiger partial charge in [-0.2, -0.15) is 0 Å². The summed E-state index contributed by atoms with van der Waals surface area (Å²) in [5, 5.41) is 5.08. The number of benzene rings is 2. The third-order valence-corrected chi connectivity index (χ3v) is 3.51. The number of amides is 1. The van der Waals surface area contributed by atoms with E-state index >= 15 is 0 Å². The lowest BCUT2D eigenvalue weighted by atomic mass is 10.1. The van der Waals surface area contributed by atoms with Crippen LogP contribution in [0.3, 0.4) is 0 Å². The van der Waals surface area contributed by atoms with Crippen molar-refractivity contribution in [2.75, 3.05) is 24.3 Å². The molecule has 0 bridgehead atoms. The Morgan fingerprint density at radius 3 is 2.50 bits per heavy atom. The molecule has 2 aromatic carbocycles. The fourth-order valence-corrected chi connectivity index (χ4v) is 2.31. The molecule has 1 N–H and O–H groups in total. The van der Waals surface area contributed by atoms with Crippen LogP contribution in [0.15, 0.2) is 60.8 Å². The van der Waals surface area contributed by atoms with Crippen LogP contribution < -0.4 is 10.2 Å². The normalized spacial score (nSPS) is 10.5. The molecule has 110 valence electrons. The van der Waals surface area contributed by atoms with Gasteiger partial charge in [-0.1, -0.05) is 36.4 Å². The number of nitrogens with zero attached hydrogens (tertiary/aromatic N) is 2. The van der Waals surface area contributed by atoms with Crippen LogP contribution in [0.2, 0.25) is 0 Å². The molecule has 4 heteroatoms. The molecule has 0 spiro atoms. The number of nitrogens with one attached hydrogen (secondary N) is 1. The van der Waals surface area contributed by atoms with Gasteiger partial charge in [0, 0.05) is 31.4 Å². The SMILES string of the molecule is CN(C)c1ccc(C(=O)Nc2cccc3ccccc23)cn1. The van der Waals surface area contributed by atoms with Crippen molar-refractivity contribution in [3.63, 3.8) is 0 Å². The Morgan fingerprint density at radius 2 is 1.77 bits per heavy atom. The lowest BCUT2D eigenvalue weighted by Crippen LogP contribution is -2.14. The Kier molecular flexibility index (Phi) is 3.74. The van der Waals surface area contributed by atoms with Crippen molar-refractivity contribution < 1.29 is 4.79 Å². The fourth-order valence-electron chi connectivity index (χ4n) is 2.31. The maximum absolute atomic E-state index is 12.4. The number of pyridine rings is 1. The molecule has 0 aliphatic rings. The second kappa shape index (κ2) is 5.85. The van der Waals surface area contributed by atoms with Crippen LogP contribution in [0, 0.1) is 0 Å². The second-order valence-corrected chi connectivity index (χ2v) is 5.28. The van der Waals surface area contributed by atoms with E-state index in [1.807, 2.05) is 67.5 Å². The van der Waals surface area contributed by atoms with Crippen LogP contribution in [-0.2, 0) is 0 Å². The van der Waals surface area contributed by atoms with E-state index in [4.69, 9.17) is 0 Å². The largest absolute Gasteiger partial charge is 0.363 e. The smallest absolute Gasteiger partial charge is 0.257 e. The van der Waals surface area contributed by atoms with Crippen molar-refractivity contribution in [3.05, 3.63) is 66.4 Å². The zero-order valence-electron chi connectivity index (χ0n) is 12.6. The predicted molar refractivity (Wildman–Crippen MR) is 90.5 cm³/mol. The molecule has 0 saturated carbocycles. The first-order valence-electron chi connectivity index (χ1n) is 7.07. The summed E-state index contributed by atoms with van der Waals surface area (Å²) in [5.74, 6) is 0.663. The van der Waals surface area contributed by atoms with Gasteiger partial charge in [0.15, 0.2) is 0 Å². The predicted octanol–water partition coefficient (Wildman–Crippen LogP) is 3.55. The highest BCUT2D eigenvalue weighted by molar-refractivity contribution is 6.09. The van der Waals surface area contributed by atoms with Crippen molar-refractivity contribution in [3.8, 4) is 0 Å². The van der Waals surface area contributed by atoms with Crippen molar-refractivity contribution in [1.29, 1.82) is 0 Å². The number of anilines is 2. The molecule has 0 atom stereocenters.